The second kappa shape index (κ2) is 9.42. The van der Waals surface area contributed by atoms with Gasteiger partial charge in [0.2, 0.25) is 5.82 Å². The summed E-state index contributed by atoms with van der Waals surface area (Å²) in [5, 5.41) is 15.6. The maximum Gasteiger partial charge on any atom is 0.216 e. The second-order valence-corrected chi connectivity index (χ2v) is 5.74. The maximum absolute atomic E-state index is 5.27. The molecule has 3 aromatic rings. The monoisotopic (exact) mass is 458 g/mol. The van der Waals surface area contributed by atoms with E-state index in [1.165, 1.54) is 4.88 Å². The van der Waals surface area contributed by atoms with E-state index in [2.05, 4.69) is 42.3 Å². The van der Waals surface area contributed by atoms with Gasteiger partial charge in [0.15, 0.2) is 11.7 Å². The van der Waals surface area contributed by atoms with E-state index in [-0.39, 0.29) is 24.0 Å². The van der Waals surface area contributed by atoms with Crippen LogP contribution in [0, 0.1) is 0 Å². The number of thiophene rings is 1. The SMILES string of the molecule is CCNC(=NCc1nc(-c2ccco2)n[nH]1)NCc1cccs1.I. The molecule has 24 heavy (non-hydrogen) atoms. The van der Waals surface area contributed by atoms with Crippen molar-refractivity contribution in [1.82, 2.24) is 25.8 Å². The van der Waals surface area contributed by atoms with E-state index in [1.807, 2.05) is 19.1 Å². The summed E-state index contributed by atoms with van der Waals surface area (Å²) in [5.74, 6) is 2.61. The van der Waals surface area contributed by atoms with Gasteiger partial charge in [0.05, 0.1) is 12.8 Å². The Morgan fingerprint density at radius 1 is 1.33 bits per heavy atom. The number of furan rings is 1. The maximum atomic E-state index is 5.27. The van der Waals surface area contributed by atoms with Gasteiger partial charge in [-0.15, -0.1) is 40.4 Å². The van der Waals surface area contributed by atoms with E-state index in [0.717, 1.165) is 19.0 Å². The van der Waals surface area contributed by atoms with Crippen molar-refractivity contribution < 1.29 is 4.42 Å². The minimum absolute atomic E-state index is 0. The van der Waals surface area contributed by atoms with E-state index < -0.39 is 0 Å². The molecule has 3 aromatic heterocycles. The van der Waals surface area contributed by atoms with Gasteiger partial charge in [-0.2, -0.15) is 0 Å². The molecule has 0 fully saturated rings. The Hall–Kier alpha value is -1.88. The van der Waals surface area contributed by atoms with Gasteiger partial charge in [-0.3, -0.25) is 5.10 Å². The number of nitrogens with one attached hydrogen (secondary N) is 3. The van der Waals surface area contributed by atoms with Crippen molar-refractivity contribution in [2.24, 2.45) is 4.99 Å². The third-order valence-electron chi connectivity index (χ3n) is 3.01. The number of hydrogen-bond donors (Lipinski definition) is 3. The molecule has 0 aliphatic rings. The van der Waals surface area contributed by atoms with Crippen molar-refractivity contribution in [3.8, 4) is 11.6 Å². The number of guanidine groups is 1. The Kier molecular flexibility index (Phi) is 7.25. The van der Waals surface area contributed by atoms with Gasteiger partial charge in [-0.1, -0.05) is 6.07 Å². The molecule has 0 saturated heterocycles. The first kappa shape index (κ1) is 18.5. The van der Waals surface area contributed by atoms with Crippen LogP contribution in [0.1, 0.15) is 17.6 Å². The number of aromatic amines is 1. The lowest BCUT2D eigenvalue weighted by atomic mass is 10.4. The molecule has 0 saturated carbocycles. The van der Waals surface area contributed by atoms with E-state index in [1.54, 1.807) is 23.7 Å². The highest BCUT2D eigenvalue weighted by molar-refractivity contribution is 14.0. The van der Waals surface area contributed by atoms with E-state index in [9.17, 15) is 0 Å². The molecular weight excluding hydrogens is 439 g/mol. The lowest BCUT2D eigenvalue weighted by Gasteiger charge is -2.09. The fourth-order valence-corrected chi connectivity index (χ4v) is 2.61. The number of H-pyrrole nitrogens is 1. The van der Waals surface area contributed by atoms with Gasteiger partial charge in [-0.05, 0) is 30.5 Å². The molecule has 9 heteroatoms. The predicted molar refractivity (Wildman–Crippen MR) is 105 cm³/mol. The Morgan fingerprint density at radius 2 is 2.25 bits per heavy atom. The van der Waals surface area contributed by atoms with Gasteiger partial charge < -0.3 is 15.1 Å². The Bertz CT molecular complexity index is 738. The summed E-state index contributed by atoms with van der Waals surface area (Å²) in [6.45, 7) is 3.99. The van der Waals surface area contributed by atoms with Crippen LogP contribution < -0.4 is 10.6 Å². The van der Waals surface area contributed by atoms with Crippen LogP contribution in [-0.4, -0.2) is 27.7 Å². The lowest BCUT2D eigenvalue weighted by Crippen LogP contribution is -2.36. The number of hydrogen-bond acceptors (Lipinski definition) is 5. The number of halogens is 1. The summed E-state index contributed by atoms with van der Waals surface area (Å²) in [6, 6.07) is 7.76. The van der Waals surface area contributed by atoms with Crippen LogP contribution in [0.2, 0.25) is 0 Å². The second-order valence-electron chi connectivity index (χ2n) is 4.71. The average Bonchev–Trinajstić information content (AvgIpc) is 3.32. The lowest BCUT2D eigenvalue weighted by molar-refractivity contribution is 0.577. The van der Waals surface area contributed by atoms with Crippen LogP contribution in [0.5, 0.6) is 0 Å². The van der Waals surface area contributed by atoms with Gasteiger partial charge in [0.25, 0.3) is 0 Å². The van der Waals surface area contributed by atoms with E-state index in [0.29, 0.717) is 24.0 Å². The molecular formula is C15H19IN6OS. The molecule has 0 aromatic carbocycles. The first-order valence-electron chi connectivity index (χ1n) is 7.35. The molecule has 3 rings (SSSR count). The summed E-state index contributed by atoms with van der Waals surface area (Å²) >= 11 is 1.72. The van der Waals surface area contributed by atoms with Gasteiger partial charge >= 0.3 is 0 Å². The number of nitrogens with zero attached hydrogens (tertiary/aromatic N) is 3. The smallest absolute Gasteiger partial charge is 0.216 e. The van der Waals surface area contributed by atoms with Crippen LogP contribution >= 0.6 is 35.3 Å². The zero-order valence-electron chi connectivity index (χ0n) is 13.2. The third kappa shape index (κ3) is 5.06. The quantitative estimate of drug-likeness (QED) is 0.300. The van der Waals surface area contributed by atoms with E-state index in [4.69, 9.17) is 4.42 Å². The van der Waals surface area contributed by atoms with Gasteiger partial charge in [-0.25, -0.2) is 9.98 Å². The molecule has 0 bridgehead atoms. The van der Waals surface area contributed by atoms with Crippen LogP contribution in [0.4, 0.5) is 0 Å². The zero-order valence-corrected chi connectivity index (χ0v) is 16.3. The van der Waals surface area contributed by atoms with Crippen LogP contribution in [0.15, 0.2) is 45.3 Å². The summed E-state index contributed by atoms with van der Waals surface area (Å²) in [6.07, 6.45) is 1.60. The van der Waals surface area contributed by atoms with Crippen LogP contribution in [0.3, 0.4) is 0 Å². The molecule has 3 heterocycles. The Labute approximate surface area is 161 Å². The number of rotatable bonds is 6. The fourth-order valence-electron chi connectivity index (χ4n) is 1.96. The Morgan fingerprint density at radius 3 is 2.96 bits per heavy atom. The van der Waals surface area contributed by atoms with Crippen molar-refractivity contribution in [2.75, 3.05) is 6.54 Å². The first-order chi connectivity index (χ1) is 11.3. The molecule has 0 spiro atoms. The molecule has 0 aliphatic heterocycles. The van der Waals surface area contributed by atoms with Crippen molar-refractivity contribution in [3.05, 3.63) is 46.6 Å². The molecule has 128 valence electrons. The molecule has 0 radical (unpaired) electrons. The largest absolute Gasteiger partial charge is 0.461 e. The molecule has 7 nitrogen and oxygen atoms in total. The van der Waals surface area contributed by atoms with Crippen LogP contribution in [0.25, 0.3) is 11.6 Å². The summed E-state index contributed by atoms with van der Waals surface area (Å²) in [7, 11) is 0. The standard InChI is InChI=1S/C15H18N6OS.HI/c1-2-16-15(17-9-11-5-4-8-23-11)18-10-13-19-14(21-20-13)12-6-3-7-22-12;/h3-8H,2,9-10H2,1H3,(H2,16,17,18)(H,19,20,21);1H. The van der Waals surface area contributed by atoms with Crippen molar-refractivity contribution in [1.29, 1.82) is 0 Å². The Balaban J connectivity index is 0.00000208. The number of aromatic nitrogens is 3. The average molecular weight is 458 g/mol. The highest BCUT2D eigenvalue weighted by atomic mass is 127. The van der Waals surface area contributed by atoms with Gasteiger partial charge in [0, 0.05) is 11.4 Å². The highest BCUT2D eigenvalue weighted by Gasteiger charge is 2.08. The molecule has 0 unspecified atom stereocenters. The molecule has 0 aliphatic carbocycles. The summed E-state index contributed by atoms with van der Waals surface area (Å²) < 4.78 is 5.27. The number of aliphatic imine (C=N–C) groups is 1. The van der Waals surface area contributed by atoms with E-state index >= 15 is 0 Å². The van der Waals surface area contributed by atoms with Crippen LogP contribution in [-0.2, 0) is 13.1 Å². The molecule has 3 N–H and O–H groups in total. The topological polar surface area (TPSA) is 91.1 Å². The normalized spacial score (nSPS) is 11.1. The summed E-state index contributed by atoms with van der Waals surface area (Å²) in [4.78, 5) is 10.1. The third-order valence-corrected chi connectivity index (χ3v) is 3.89. The fraction of sp³-hybridized carbons (Fsp3) is 0.267. The minimum Gasteiger partial charge on any atom is -0.461 e. The first-order valence-corrected chi connectivity index (χ1v) is 8.23. The predicted octanol–water partition coefficient (Wildman–Crippen LogP) is 3.00. The highest BCUT2D eigenvalue weighted by Crippen LogP contribution is 2.14. The van der Waals surface area contributed by atoms with Crippen molar-refractivity contribution >= 4 is 41.3 Å². The zero-order chi connectivity index (χ0) is 15.9. The molecule has 0 atom stereocenters. The minimum atomic E-state index is 0. The van der Waals surface area contributed by atoms with Gasteiger partial charge in [0.1, 0.15) is 12.4 Å². The molecule has 0 amide bonds. The summed E-state index contributed by atoms with van der Waals surface area (Å²) in [5.41, 5.74) is 0. The van der Waals surface area contributed by atoms with Crippen molar-refractivity contribution in [2.45, 2.75) is 20.0 Å². The van der Waals surface area contributed by atoms with Crippen molar-refractivity contribution in [3.63, 3.8) is 0 Å².